The fraction of sp³-hybridized carbons (Fsp3) is 0.750. The molecule has 1 aromatic rings. The Balaban J connectivity index is 1.69. The Bertz CT molecular complexity index is 812. The van der Waals surface area contributed by atoms with Crippen LogP contribution in [-0.2, 0) is 16.3 Å². The molecule has 2 fully saturated rings. The average Bonchev–Trinajstić information content (AvgIpc) is 2.84. The van der Waals surface area contributed by atoms with Gasteiger partial charge in [0.05, 0.1) is 29.7 Å². The lowest BCUT2D eigenvalue weighted by atomic mass is 10.1. The second-order valence-electron chi connectivity index (χ2n) is 8.02. The van der Waals surface area contributed by atoms with E-state index in [0.29, 0.717) is 24.0 Å². The lowest BCUT2D eigenvalue weighted by Crippen LogP contribution is -2.46. The summed E-state index contributed by atoms with van der Waals surface area (Å²) in [7, 11) is -3.00. The molecule has 0 radical (unpaired) electrons. The number of hydrogen-bond donors (Lipinski definition) is 2. The highest BCUT2D eigenvalue weighted by molar-refractivity contribution is 7.91. The van der Waals surface area contributed by atoms with Crippen LogP contribution in [0.5, 0.6) is 0 Å². The molecule has 8 heteroatoms. The normalized spacial score (nSPS) is 30.0. The van der Waals surface area contributed by atoms with Gasteiger partial charge in [-0.15, -0.1) is 0 Å². The summed E-state index contributed by atoms with van der Waals surface area (Å²) in [5, 5.41) is 16.7. The maximum absolute atomic E-state index is 12.6. The number of aromatic nitrogens is 2. The molecular formula is C16H23N3O4S. The molecule has 0 spiro atoms. The second kappa shape index (κ2) is 5.05. The molecule has 132 valence electrons. The van der Waals surface area contributed by atoms with E-state index in [-0.39, 0.29) is 30.1 Å². The molecule has 1 saturated carbocycles. The van der Waals surface area contributed by atoms with Crippen molar-refractivity contribution in [1.29, 1.82) is 0 Å². The predicted octanol–water partition coefficient (Wildman–Crippen LogP) is 0.403. The van der Waals surface area contributed by atoms with Crippen LogP contribution >= 0.6 is 0 Å². The standard InChI is InChI=1S/C16H23N3O4S/c1-16(2,8-20)17-15(21)13-12-6-9-5-11(9)14(12)19(18-13)10-3-4-24(22,23)7-10/h9-11,20H,3-8H2,1-2H3,(H,17,21)/t9-,10?,11-/m1/s1. The number of carbonyl (C=O) groups is 1. The smallest absolute Gasteiger partial charge is 0.272 e. The number of carbonyl (C=O) groups excluding carboxylic acids is 1. The summed E-state index contributed by atoms with van der Waals surface area (Å²) in [5.41, 5.74) is 1.75. The third-order valence-corrected chi connectivity index (χ3v) is 7.16. The SMILES string of the molecule is CC(C)(CO)NC(=O)c1nn(C2CCS(=O)(=O)C2)c2c1C[C@H]1C[C@@H]21. The summed E-state index contributed by atoms with van der Waals surface area (Å²) in [6.45, 7) is 3.35. The maximum atomic E-state index is 12.6. The number of hydrogen-bond acceptors (Lipinski definition) is 5. The van der Waals surface area contributed by atoms with Crippen molar-refractivity contribution in [1.82, 2.24) is 15.1 Å². The molecule has 4 rings (SSSR count). The van der Waals surface area contributed by atoms with E-state index in [1.165, 1.54) is 0 Å². The number of sulfone groups is 1. The first-order chi connectivity index (χ1) is 11.2. The summed E-state index contributed by atoms with van der Waals surface area (Å²) in [4.78, 5) is 12.6. The molecule has 1 aliphatic heterocycles. The molecule has 0 bridgehead atoms. The van der Waals surface area contributed by atoms with Crippen LogP contribution < -0.4 is 5.32 Å². The maximum Gasteiger partial charge on any atom is 0.272 e. The first-order valence-electron chi connectivity index (χ1n) is 8.46. The van der Waals surface area contributed by atoms with Crippen LogP contribution in [0, 0.1) is 5.92 Å². The van der Waals surface area contributed by atoms with Gasteiger partial charge in [-0.05, 0) is 39.0 Å². The minimum Gasteiger partial charge on any atom is -0.394 e. The van der Waals surface area contributed by atoms with Crippen LogP contribution in [0.15, 0.2) is 0 Å². The van der Waals surface area contributed by atoms with Gasteiger partial charge in [0, 0.05) is 17.2 Å². The molecule has 1 saturated heterocycles. The van der Waals surface area contributed by atoms with Gasteiger partial charge in [-0.2, -0.15) is 5.10 Å². The van der Waals surface area contributed by atoms with E-state index in [1.807, 2.05) is 4.68 Å². The Morgan fingerprint density at radius 2 is 2.21 bits per heavy atom. The molecule has 1 aromatic heterocycles. The summed E-state index contributed by atoms with van der Waals surface area (Å²) < 4.78 is 25.5. The molecule has 1 unspecified atom stereocenters. The molecule has 3 aliphatic rings. The zero-order valence-corrected chi connectivity index (χ0v) is 14.8. The number of nitrogens with zero attached hydrogens (tertiary/aromatic N) is 2. The molecule has 1 amide bonds. The number of amides is 1. The molecule has 2 heterocycles. The molecule has 2 aliphatic carbocycles. The summed E-state index contributed by atoms with van der Waals surface area (Å²) in [6, 6.07) is -0.157. The summed E-state index contributed by atoms with van der Waals surface area (Å²) >= 11 is 0. The van der Waals surface area contributed by atoms with Crippen molar-refractivity contribution < 1.29 is 18.3 Å². The van der Waals surface area contributed by atoms with Gasteiger partial charge < -0.3 is 10.4 Å². The third-order valence-electron chi connectivity index (χ3n) is 5.41. The van der Waals surface area contributed by atoms with Crippen molar-refractivity contribution in [2.75, 3.05) is 18.1 Å². The van der Waals surface area contributed by atoms with Crippen LogP contribution in [0.4, 0.5) is 0 Å². The van der Waals surface area contributed by atoms with Crippen molar-refractivity contribution in [3.8, 4) is 0 Å². The van der Waals surface area contributed by atoms with Crippen molar-refractivity contribution in [2.24, 2.45) is 5.92 Å². The highest BCUT2D eigenvalue weighted by Crippen LogP contribution is 2.57. The topological polar surface area (TPSA) is 101 Å². The van der Waals surface area contributed by atoms with E-state index in [0.717, 1.165) is 24.1 Å². The molecule has 0 aromatic carbocycles. The van der Waals surface area contributed by atoms with E-state index in [2.05, 4.69) is 10.4 Å². The van der Waals surface area contributed by atoms with Gasteiger partial charge >= 0.3 is 0 Å². The minimum atomic E-state index is -3.00. The summed E-state index contributed by atoms with van der Waals surface area (Å²) in [6.07, 6.45) is 2.53. The van der Waals surface area contributed by atoms with Gasteiger partial charge in [-0.25, -0.2) is 8.42 Å². The van der Waals surface area contributed by atoms with E-state index < -0.39 is 15.4 Å². The number of aliphatic hydroxyl groups is 1. The lowest BCUT2D eigenvalue weighted by Gasteiger charge is -2.23. The predicted molar refractivity (Wildman–Crippen MR) is 87.7 cm³/mol. The average molecular weight is 353 g/mol. The second-order valence-corrected chi connectivity index (χ2v) is 10.2. The van der Waals surface area contributed by atoms with E-state index in [9.17, 15) is 18.3 Å². The fourth-order valence-corrected chi connectivity index (χ4v) is 5.67. The van der Waals surface area contributed by atoms with Crippen molar-refractivity contribution in [2.45, 2.75) is 50.6 Å². The molecule has 24 heavy (non-hydrogen) atoms. The van der Waals surface area contributed by atoms with E-state index >= 15 is 0 Å². The summed E-state index contributed by atoms with van der Waals surface area (Å²) in [5.74, 6) is 1.04. The van der Waals surface area contributed by atoms with Crippen molar-refractivity contribution in [3.63, 3.8) is 0 Å². The third kappa shape index (κ3) is 2.56. The van der Waals surface area contributed by atoms with Gasteiger partial charge in [-0.3, -0.25) is 9.48 Å². The zero-order chi connectivity index (χ0) is 17.3. The van der Waals surface area contributed by atoms with Gasteiger partial charge in [0.25, 0.3) is 5.91 Å². The van der Waals surface area contributed by atoms with Crippen LogP contribution in [0.1, 0.15) is 60.4 Å². The first kappa shape index (κ1) is 16.1. The molecular weight excluding hydrogens is 330 g/mol. The molecule has 3 atom stereocenters. The Kier molecular flexibility index (Phi) is 3.38. The zero-order valence-electron chi connectivity index (χ0n) is 13.9. The van der Waals surface area contributed by atoms with Gasteiger partial charge in [0.2, 0.25) is 0 Å². The molecule has 7 nitrogen and oxygen atoms in total. The number of fused-ring (bicyclic) bond motifs is 3. The largest absolute Gasteiger partial charge is 0.394 e. The minimum absolute atomic E-state index is 0.113. The Hall–Kier alpha value is -1.41. The molecule has 2 N–H and O–H groups in total. The Morgan fingerprint density at radius 3 is 2.83 bits per heavy atom. The Morgan fingerprint density at radius 1 is 1.46 bits per heavy atom. The first-order valence-corrected chi connectivity index (χ1v) is 10.3. The Labute approximate surface area is 141 Å². The van der Waals surface area contributed by atoms with Crippen molar-refractivity contribution in [3.05, 3.63) is 17.0 Å². The van der Waals surface area contributed by atoms with Gasteiger partial charge in [0.15, 0.2) is 15.5 Å². The lowest BCUT2D eigenvalue weighted by molar-refractivity contribution is 0.0862. The fourth-order valence-electron chi connectivity index (χ4n) is 3.98. The number of rotatable bonds is 4. The van der Waals surface area contributed by atoms with Crippen molar-refractivity contribution >= 4 is 15.7 Å². The van der Waals surface area contributed by atoms with Crippen LogP contribution in [0.3, 0.4) is 0 Å². The van der Waals surface area contributed by atoms with E-state index in [4.69, 9.17) is 0 Å². The number of aliphatic hydroxyl groups excluding tert-OH is 1. The number of nitrogens with one attached hydrogen (secondary N) is 1. The van der Waals surface area contributed by atoms with Gasteiger partial charge in [-0.1, -0.05) is 0 Å². The van der Waals surface area contributed by atoms with Gasteiger partial charge in [0.1, 0.15) is 0 Å². The highest BCUT2D eigenvalue weighted by Gasteiger charge is 2.51. The van der Waals surface area contributed by atoms with Crippen LogP contribution in [-0.4, -0.2) is 52.9 Å². The highest BCUT2D eigenvalue weighted by atomic mass is 32.2. The van der Waals surface area contributed by atoms with E-state index in [1.54, 1.807) is 13.8 Å². The van der Waals surface area contributed by atoms with Crippen LogP contribution in [0.25, 0.3) is 0 Å². The van der Waals surface area contributed by atoms with Crippen LogP contribution in [0.2, 0.25) is 0 Å². The monoisotopic (exact) mass is 353 g/mol. The quantitative estimate of drug-likeness (QED) is 0.816.